The molecular formula is C22H27BBrN3. The Hall–Kier alpha value is -1.75. The Morgan fingerprint density at radius 3 is 2.59 bits per heavy atom. The van der Waals surface area contributed by atoms with Crippen molar-refractivity contribution in [2.45, 2.75) is 32.2 Å². The Bertz CT molecular complexity index is 850. The van der Waals surface area contributed by atoms with Crippen molar-refractivity contribution in [1.29, 1.82) is 0 Å². The summed E-state index contributed by atoms with van der Waals surface area (Å²) in [6, 6.07) is 10.8. The van der Waals surface area contributed by atoms with Crippen LogP contribution in [0.5, 0.6) is 0 Å². The van der Waals surface area contributed by atoms with Gasteiger partial charge in [0.1, 0.15) is 13.7 Å². The molecule has 0 bridgehead atoms. The summed E-state index contributed by atoms with van der Waals surface area (Å²) in [5.74, 6) is 2.54. The molecule has 27 heavy (non-hydrogen) atoms. The van der Waals surface area contributed by atoms with Gasteiger partial charge in [-0.25, -0.2) is 4.98 Å². The molecule has 1 aromatic carbocycles. The molecule has 2 atom stereocenters. The topological polar surface area (TPSA) is 28.2 Å². The van der Waals surface area contributed by atoms with Crippen LogP contribution in [-0.2, 0) is 0 Å². The van der Waals surface area contributed by atoms with Gasteiger partial charge in [0.25, 0.3) is 0 Å². The van der Waals surface area contributed by atoms with Gasteiger partial charge in [0, 0.05) is 35.0 Å². The van der Waals surface area contributed by atoms with E-state index < -0.39 is 0 Å². The standard InChI is InChI=1S/C22H27BBrN3/c1-14-4-5-18(23)8-20(14)15(2)26-22(3)9-16-12-27(13-17(16)10-22)21-7-6-19(24)11-25-21/h4-8,11,16-17,26H,2,9-10,12-13,23H2,1,3H3. The molecule has 1 saturated carbocycles. The molecular weight excluding hydrogens is 397 g/mol. The average molecular weight is 424 g/mol. The normalized spacial score (nSPS) is 26.9. The first-order chi connectivity index (χ1) is 12.8. The highest BCUT2D eigenvalue weighted by atomic mass is 79.9. The fourth-order valence-corrected chi connectivity index (χ4v) is 5.21. The van der Waals surface area contributed by atoms with Gasteiger partial charge in [0.2, 0.25) is 0 Å². The molecule has 0 amide bonds. The molecule has 2 aromatic rings. The van der Waals surface area contributed by atoms with E-state index in [2.05, 4.69) is 89.7 Å². The summed E-state index contributed by atoms with van der Waals surface area (Å²) in [5.41, 5.74) is 5.00. The first-order valence-corrected chi connectivity index (χ1v) is 10.5. The summed E-state index contributed by atoms with van der Waals surface area (Å²) < 4.78 is 1.03. The van der Waals surface area contributed by atoms with Gasteiger partial charge in [0.15, 0.2) is 0 Å². The number of fused-ring (bicyclic) bond motifs is 1. The Morgan fingerprint density at radius 2 is 1.96 bits per heavy atom. The Labute approximate surface area is 171 Å². The maximum atomic E-state index is 4.58. The summed E-state index contributed by atoms with van der Waals surface area (Å²) in [6.07, 6.45) is 4.27. The third kappa shape index (κ3) is 3.80. The van der Waals surface area contributed by atoms with Gasteiger partial charge in [-0.15, -0.1) is 0 Å². The number of nitrogens with one attached hydrogen (secondary N) is 1. The smallest absolute Gasteiger partial charge is 0.139 e. The summed E-state index contributed by atoms with van der Waals surface area (Å²) in [6.45, 7) is 11.1. The fraction of sp³-hybridized carbons (Fsp3) is 0.409. The Kier molecular flexibility index (Phi) is 4.83. The van der Waals surface area contributed by atoms with Crippen LogP contribution in [0.2, 0.25) is 0 Å². The van der Waals surface area contributed by atoms with Crippen molar-refractivity contribution >= 4 is 40.8 Å². The van der Waals surface area contributed by atoms with Gasteiger partial charge >= 0.3 is 0 Å². The van der Waals surface area contributed by atoms with Crippen molar-refractivity contribution in [2.24, 2.45) is 11.8 Å². The number of benzene rings is 1. The van der Waals surface area contributed by atoms with Crippen molar-refractivity contribution in [1.82, 2.24) is 10.3 Å². The first kappa shape index (κ1) is 18.6. The SMILES string of the molecule is Bc1ccc(C)c(C(=C)NC2(C)CC3CN(c4ccc(Br)cn4)CC3C2)c1. The lowest BCUT2D eigenvalue weighted by atomic mass is 9.90. The van der Waals surface area contributed by atoms with Crippen LogP contribution in [0, 0.1) is 18.8 Å². The van der Waals surface area contributed by atoms with Crippen molar-refractivity contribution < 1.29 is 0 Å². The van der Waals surface area contributed by atoms with Crippen LogP contribution in [0.15, 0.2) is 47.6 Å². The van der Waals surface area contributed by atoms with E-state index in [9.17, 15) is 0 Å². The molecule has 140 valence electrons. The highest BCUT2D eigenvalue weighted by molar-refractivity contribution is 9.10. The fourth-order valence-electron chi connectivity index (χ4n) is 4.98. The van der Waals surface area contributed by atoms with Crippen LogP contribution in [0.4, 0.5) is 5.82 Å². The molecule has 2 fully saturated rings. The summed E-state index contributed by atoms with van der Waals surface area (Å²) in [7, 11) is 2.14. The number of hydrogen-bond donors (Lipinski definition) is 1. The zero-order valence-corrected chi connectivity index (χ0v) is 18.0. The van der Waals surface area contributed by atoms with Crippen LogP contribution < -0.4 is 15.7 Å². The second-order valence-electron chi connectivity index (χ2n) is 8.65. The molecule has 1 N–H and O–H groups in total. The number of rotatable bonds is 4. The van der Waals surface area contributed by atoms with Crippen molar-refractivity contribution in [3.8, 4) is 0 Å². The maximum absolute atomic E-state index is 4.58. The highest BCUT2D eigenvalue weighted by Crippen LogP contribution is 2.45. The number of halogens is 1. The number of pyridine rings is 1. The maximum Gasteiger partial charge on any atom is 0.139 e. The van der Waals surface area contributed by atoms with Gasteiger partial charge in [-0.3, -0.25) is 0 Å². The predicted molar refractivity (Wildman–Crippen MR) is 120 cm³/mol. The van der Waals surface area contributed by atoms with E-state index in [4.69, 9.17) is 0 Å². The van der Waals surface area contributed by atoms with Gasteiger partial charge in [0.05, 0.1) is 0 Å². The Balaban J connectivity index is 1.42. The van der Waals surface area contributed by atoms with E-state index in [0.717, 1.165) is 40.9 Å². The monoisotopic (exact) mass is 423 g/mol. The zero-order valence-electron chi connectivity index (χ0n) is 16.4. The van der Waals surface area contributed by atoms with E-state index in [1.165, 1.54) is 29.4 Å². The predicted octanol–water partition coefficient (Wildman–Crippen LogP) is 3.28. The molecule has 0 radical (unpaired) electrons. The summed E-state index contributed by atoms with van der Waals surface area (Å²) >= 11 is 3.47. The molecule has 0 spiro atoms. The molecule has 2 heterocycles. The second kappa shape index (κ2) is 7.01. The van der Waals surface area contributed by atoms with Crippen LogP contribution in [0.25, 0.3) is 5.70 Å². The minimum absolute atomic E-state index is 0.127. The number of aryl methyl sites for hydroxylation is 1. The van der Waals surface area contributed by atoms with Crippen LogP contribution in [-0.4, -0.2) is 31.5 Å². The van der Waals surface area contributed by atoms with Crippen molar-refractivity contribution in [3.63, 3.8) is 0 Å². The van der Waals surface area contributed by atoms with Gasteiger partial charge in [-0.1, -0.05) is 30.2 Å². The minimum Gasteiger partial charge on any atom is -0.380 e. The largest absolute Gasteiger partial charge is 0.380 e. The molecule has 1 saturated heterocycles. The van der Waals surface area contributed by atoms with Crippen molar-refractivity contribution in [3.05, 3.63) is 58.7 Å². The van der Waals surface area contributed by atoms with E-state index in [-0.39, 0.29) is 5.54 Å². The lowest BCUT2D eigenvalue weighted by molar-refractivity contribution is 0.394. The van der Waals surface area contributed by atoms with Crippen LogP contribution in [0.3, 0.4) is 0 Å². The average Bonchev–Trinajstić information content (AvgIpc) is 3.12. The van der Waals surface area contributed by atoms with E-state index in [1.807, 2.05) is 6.20 Å². The number of hydrogen-bond acceptors (Lipinski definition) is 3. The van der Waals surface area contributed by atoms with Crippen LogP contribution in [0.1, 0.15) is 30.9 Å². The van der Waals surface area contributed by atoms with Gasteiger partial charge < -0.3 is 10.2 Å². The first-order valence-electron chi connectivity index (χ1n) is 9.74. The van der Waals surface area contributed by atoms with Crippen LogP contribution >= 0.6 is 15.9 Å². The number of aromatic nitrogens is 1. The second-order valence-corrected chi connectivity index (χ2v) is 9.57. The molecule has 1 aliphatic heterocycles. The molecule has 5 heteroatoms. The Morgan fingerprint density at radius 1 is 1.26 bits per heavy atom. The van der Waals surface area contributed by atoms with E-state index in [0.29, 0.717) is 0 Å². The molecule has 1 aliphatic carbocycles. The summed E-state index contributed by atoms with van der Waals surface area (Å²) in [5, 5.41) is 3.80. The number of anilines is 1. The molecule has 2 aliphatic rings. The van der Waals surface area contributed by atoms with Gasteiger partial charge in [-0.2, -0.15) is 0 Å². The van der Waals surface area contributed by atoms with E-state index in [1.54, 1.807) is 0 Å². The van der Waals surface area contributed by atoms with Gasteiger partial charge in [-0.05, 0) is 77.7 Å². The summed E-state index contributed by atoms with van der Waals surface area (Å²) in [4.78, 5) is 7.02. The molecule has 4 rings (SSSR count). The van der Waals surface area contributed by atoms with E-state index >= 15 is 0 Å². The lowest BCUT2D eigenvalue weighted by Gasteiger charge is -2.31. The molecule has 1 aromatic heterocycles. The lowest BCUT2D eigenvalue weighted by Crippen LogP contribution is -2.40. The third-order valence-electron chi connectivity index (χ3n) is 6.21. The van der Waals surface area contributed by atoms with Crippen molar-refractivity contribution in [2.75, 3.05) is 18.0 Å². The highest BCUT2D eigenvalue weighted by Gasteiger charge is 2.47. The number of nitrogens with zero attached hydrogens (tertiary/aromatic N) is 2. The minimum atomic E-state index is 0.127. The zero-order chi connectivity index (χ0) is 19.2. The molecule has 3 nitrogen and oxygen atoms in total. The third-order valence-corrected chi connectivity index (χ3v) is 6.68. The quantitative estimate of drug-likeness (QED) is 0.764. The molecule has 2 unspecified atom stereocenters.